The van der Waals surface area contributed by atoms with E-state index in [2.05, 4.69) is 15.1 Å². The summed E-state index contributed by atoms with van der Waals surface area (Å²) in [5.74, 6) is -0.633. The normalized spacial score (nSPS) is 18.8. The Morgan fingerprint density at radius 1 is 0.830 bits per heavy atom. The molecule has 240 valence electrons. The summed E-state index contributed by atoms with van der Waals surface area (Å²) in [4.78, 5) is 56.3. The second-order valence-electron chi connectivity index (χ2n) is 12.3. The third-order valence-electron chi connectivity index (χ3n) is 9.41. The predicted molar refractivity (Wildman–Crippen MR) is 176 cm³/mol. The van der Waals surface area contributed by atoms with Gasteiger partial charge in [0.05, 0.1) is 16.3 Å². The highest BCUT2D eigenvalue weighted by molar-refractivity contribution is 6.07. The Morgan fingerprint density at radius 3 is 2.28 bits per heavy atom. The lowest BCUT2D eigenvalue weighted by molar-refractivity contribution is -0.384. The van der Waals surface area contributed by atoms with E-state index in [9.17, 15) is 28.9 Å². The molecule has 0 radical (unpaired) electrons. The number of nitrogens with zero attached hydrogens (tertiary/aromatic N) is 5. The van der Waals surface area contributed by atoms with Crippen molar-refractivity contribution < 1.29 is 18.9 Å². The van der Waals surface area contributed by atoms with Crippen LogP contribution in [0.4, 0.5) is 27.1 Å². The topological polar surface area (TPSA) is 121 Å². The highest BCUT2D eigenvalue weighted by Gasteiger charge is 2.35. The average molecular weight is 637 g/mol. The van der Waals surface area contributed by atoms with E-state index in [1.165, 1.54) is 36.4 Å². The van der Waals surface area contributed by atoms with Crippen molar-refractivity contribution in [1.29, 1.82) is 0 Å². The van der Waals surface area contributed by atoms with Gasteiger partial charge in [-0.25, -0.2) is 4.39 Å². The number of pyridine rings is 1. The first-order chi connectivity index (χ1) is 22.7. The van der Waals surface area contributed by atoms with Crippen LogP contribution in [0.25, 0.3) is 0 Å². The maximum atomic E-state index is 13.8. The van der Waals surface area contributed by atoms with Crippen LogP contribution in [0.15, 0.2) is 89.7 Å². The van der Waals surface area contributed by atoms with E-state index < -0.39 is 16.6 Å². The maximum absolute atomic E-state index is 13.8. The predicted octanol–water partition coefficient (Wildman–Crippen LogP) is 4.73. The van der Waals surface area contributed by atoms with Gasteiger partial charge in [-0.15, -0.1) is 0 Å². The largest absolute Gasteiger partial charge is 0.369 e. The number of aromatic nitrogens is 1. The molecule has 4 heterocycles. The van der Waals surface area contributed by atoms with Crippen LogP contribution in [0.1, 0.15) is 38.7 Å². The van der Waals surface area contributed by atoms with E-state index >= 15 is 0 Å². The molecule has 2 atom stereocenters. The zero-order valence-corrected chi connectivity index (χ0v) is 25.5. The minimum atomic E-state index is -0.442. The smallest absolute Gasteiger partial charge is 0.269 e. The summed E-state index contributed by atoms with van der Waals surface area (Å²) in [6.07, 6.45) is 0.972. The fraction of sp³-hybridized carbons (Fsp3) is 0.286. The number of nitro benzene ring substituents is 1. The van der Waals surface area contributed by atoms with E-state index in [0.717, 1.165) is 23.5 Å². The van der Waals surface area contributed by atoms with Gasteiger partial charge in [0.1, 0.15) is 5.82 Å². The quantitative estimate of drug-likeness (QED) is 0.240. The van der Waals surface area contributed by atoms with Gasteiger partial charge in [0.15, 0.2) is 0 Å². The first kappa shape index (κ1) is 30.2. The molecule has 2 fully saturated rings. The number of carbonyl (C=O) groups excluding carboxylic acids is 2. The van der Waals surface area contributed by atoms with E-state index in [4.69, 9.17) is 0 Å². The van der Waals surface area contributed by atoms with E-state index in [1.54, 1.807) is 41.3 Å². The molecule has 1 N–H and O–H groups in total. The molecule has 11 nitrogen and oxygen atoms in total. The molecule has 3 aliphatic rings. The van der Waals surface area contributed by atoms with Crippen molar-refractivity contribution in [3.63, 3.8) is 0 Å². The number of piperidine rings is 1. The zero-order chi connectivity index (χ0) is 32.7. The number of rotatable bonds is 6. The third-order valence-corrected chi connectivity index (χ3v) is 9.41. The molecule has 3 aromatic carbocycles. The van der Waals surface area contributed by atoms with Crippen LogP contribution in [-0.4, -0.2) is 65.5 Å². The first-order valence-electron chi connectivity index (χ1n) is 15.7. The van der Waals surface area contributed by atoms with Gasteiger partial charge in [0.25, 0.3) is 23.1 Å². The molecular formula is C35H33FN6O5. The molecule has 4 aromatic rings. The van der Waals surface area contributed by atoms with Crippen molar-refractivity contribution in [2.75, 3.05) is 54.4 Å². The molecular weight excluding hydrogens is 603 g/mol. The van der Waals surface area contributed by atoms with Crippen LogP contribution in [0.5, 0.6) is 0 Å². The summed E-state index contributed by atoms with van der Waals surface area (Å²) < 4.78 is 15.5. The van der Waals surface area contributed by atoms with Gasteiger partial charge in [0, 0.05) is 92.4 Å². The number of anilines is 3. The van der Waals surface area contributed by atoms with E-state index in [-0.39, 0.29) is 29.0 Å². The Morgan fingerprint density at radius 2 is 1.55 bits per heavy atom. The number of nitro groups is 1. The Bertz CT molecular complexity index is 1900. The Hall–Kier alpha value is -5.52. The van der Waals surface area contributed by atoms with Crippen molar-refractivity contribution in [3.05, 3.63) is 128 Å². The molecule has 47 heavy (non-hydrogen) atoms. The number of carbonyl (C=O) groups is 2. The monoisotopic (exact) mass is 636 g/mol. The lowest BCUT2D eigenvalue weighted by atomic mass is 9.83. The van der Waals surface area contributed by atoms with E-state index in [1.807, 2.05) is 16.7 Å². The number of benzene rings is 3. The minimum absolute atomic E-state index is 0.00865. The van der Waals surface area contributed by atoms with Gasteiger partial charge < -0.3 is 24.6 Å². The van der Waals surface area contributed by atoms with Crippen molar-refractivity contribution in [2.45, 2.75) is 18.9 Å². The zero-order valence-electron chi connectivity index (χ0n) is 25.5. The lowest BCUT2D eigenvalue weighted by Gasteiger charge is -2.44. The highest BCUT2D eigenvalue weighted by atomic mass is 19.1. The maximum Gasteiger partial charge on any atom is 0.269 e. The summed E-state index contributed by atoms with van der Waals surface area (Å²) in [7, 11) is 0. The van der Waals surface area contributed by atoms with Crippen molar-refractivity contribution in [2.24, 2.45) is 5.92 Å². The summed E-state index contributed by atoms with van der Waals surface area (Å²) in [6.45, 7) is 4.02. The van der Waals surface area contributed by atoms with Crippen LogP contribution in [-0.2, 0) is 6.54 Å². The summed E-state index contributed by atoms with van der Waals surface area (Å²) in [5, 5.41) is 14.0. The van der Waals surface area contributed by atoms with Gasteiger partial charge in [0.2, 0.25) is 0 Å². The minimum Gasteiger partial charge on any atom is -0.369 e. The molecule has 1 aromatic heterocycles. The van der Waals surface area contributed by atoms with Gasteiger partial charge in [-0.2, -0.15) is 0 Å². The Labute approximate surface area is 270 Å². The van der Waals surface area contributed by atoms with Gasteiger partial charge >= 0.3 is 0 Å². The van der Waals surface area contributed by atoms with Gasteiger partial charge in [-0.05, 0) is 73.0 Å². The van der Waals surface area contributed by atoms with Crippen LogP contribution in [0.3, 0.4) is 0 Å². The fourth-order valence-electron chi connectivity index (χ4n) is 7.07. The summed E-state index contributed by atoms with van der Waals surface area (Å²) in [5.41, 5.74) is 3.89. The number of hydrogen-bond donors (Lipinski definition) is 1. The van der Waals surface area contributed by atoms with Crippen LogP contribution in [0.2, 0.25) is 0 Å². The van der Waals surface area contributed by atoms with Crippen molar-refractivity contribution in [1.82, 2.24) is 9.47 Å². The first-order valence-corrected chi connectivity index (χ1v) is 15.7. The second kappa shape index (κ2) is 12.3. The standard InChI is InChI=1S/C35H33FN6O5/c36-27-7-4-24(5-8-27)34(44)37-30-19-25(35(45)39-16-14-38(15-17-39)28-9-11-29(12-10-28)42(46)47)6-13-32(30)40-20-23-18-26(22-40)31-2-1-3-33(43)41(31)21-23/h1-13,19,23,26H,14-18,20-22H2,(H,37,44). The molecule has 2 bridgehead atoms. The fourth-order valence-corrected chi connectivity index (χ4v) is 7.07. The number of halogens is 1. The Balaban J connectivity index is 1.13. The van der Waals surface area contributed by atoms with Crippen LogP contribution >= 0.6 is 0 Å². The van der Waals surface area contributed by atoms with Crippen molar-refractivity contribution in [3.8, 4) is 0 Å². The second-order valence-corrected chi connectivity index (χ2v) is 12.3. The molecule has 2 amide bonds. The average Bonchev–Trinajstić information content (AvgIpc) is 3.09. The van der Waals surface area contributed by atoms with E-state index in [0.29, 0.717) is 62.6 Å². The molecule has 7 rings (SSSR count). The summed E-state index contributed by atoms with van der Waals surface area (Å²) >= 11 is 0. The highest BCUT2D eigenvalue weighted by Crippen LogP contribution is 2.39. The van der Waals surface area contributed by atoms with Crippen molar-refractivity contribution >= 4 is 34.6 Å². The molecule has 3 aliphatic heterocycles. The number of hydrogen-bond acceptors (Lipinski definition) is 7. The SMILES string of the molecule is O=C(Nc1cc(C(=O)N2CCN(c3ccc([N+](=O)[O-])cc3)CC2)ccc1N1CC2CC(C1)c1cccc(=O)n1C2)c1ccc(F)cc1. The number of fused-ring (bicyclic) bond motifs is 4. The summed E-state index contributed by atoms with van der Waals surface area (Å²) in [6, 6.07) is 22.5. The number of nitrogens with one attached hydrogen (secondary N) is 1. The third kappa shape index (κ3) is 6.06. The molecule has 2 unspecified atom stereocenters. The number of piperazine rings is 1. The Kier molecular flexibility index (Phi) is 7.92. The molecule has 12 heteroatoms. The molecule has 2 saturated heterocycles. The molecule has 0 saturated carbocycles. The number of non-ortho nitro benzene ring substituents is 1. The molecule has 0 spiro atoms. The number of amides is 2. The van der Waals surface area contributed by atoms with Crippen LogP contribution in [0, 0.1) is 21.8 Å². The molecule has 0 aliphatic carbocycles. The lowest BCUT2D eigenvalue weighted by Crippen LogP contribution is -2.49. The van der Waals surface area contributed by atoms with Crippen LogP contribution < -0.4 is 20.7 Å². The van der Waals surface area contributed by atoms with Gasteiger partial charge in [-0.1, -0.05) is 6.07 Å². The van der Waals surface area contributed by atoms with Gasteiger partial charge in [-0.3, -0.25) is 24.5 Å².